The first kappa shape index (κ1) is 21.3. The zero-order chi connectivity index (χ0) is 25.4. The van der Waals surface area contributed by atoms with Crippen molar-refractivity contribution < 1.29 is 8.83 Å². The maximum absolute atomic E-state index is 6.45. The van der Waals surface area contributed by atoms with Gasteiger partial charge < -0.3 is 8.83 Å². The van der Waals surface area contributed by atoms with Crippen LogP contribution in [0.3, 0.4) is 0 Å². The lowest BCUT2D eigenvalue weighted by atomic mass is 9.95. The predicted octanol–water partition coefficient (Wildman–Crippen LogP) is 10.6. The van der Waals surface area contributed by atoms with Gasteiger partial charge >= 0.3 is 0 Å². The standard InChI is InChI=1S/C36H24O2/c1-21-5-3-7-23(17-21)33-19-25-9-11-29-27-14-16-32-30(28(27)13-15-31(29)35(25)37-33)12-10-26-20-34(38-36(26)32)24-8-4-6-22(2)18-24/h3-20H,1-2H3. The highest BCUT2D eigenvalue weighted by Crippen LogP contribution is 2.40. The number of hydrogen-bond donors (Lipinski definition) is 0. The minimum Gasteiger partial charge on any atom is -0.455 e. The van der Waals surface area contributed by atoms with E-state index in [2.05, 4.69) is 123 Å². The van der Waals surface area contributed by atoms with E-state index in [1.54, 1.807) is 0 Å². The van der Waals surface area contributed by atoms with Gasteiger partial charge in [0.15, 0.2) is 0 Å². The van der Waals surface area contributed by atoms with Crippen molar-refractivity contribution in [1.82, 2.24) is 0 Å². The van der Waals surface area contributed by atoms with Gasteiger partial charge in [-0.2, -0.15) is 0 Å². The highest BCUT2D eigenvalue weighted by Gasteiger charge is 2.15. The Labute approximate surface area is 219 Å². The molecule has 180 valence electrons. The second kappa shape index (κ2) is 7.84. The Hall–Kier alpha value is -4.82. The molecule has 0 fully saturated rings. The smallest absolute Gasteiger partial charge is 0.142 e. The monoisotopic (exact) mass is 488 g/mol. The average molecular weight is 489 g/mol. The number of rotatable bonds is 2. The molecule has 0 amide bonds. The molecule has 0 spiro atoms. The lowest BCUT2D eigenvalue weighted by Gasteiger charge is -2.08. The summed E-state index contributed by atoms with van der Waals surface area (Å²) in [6, 6.07) is 38.9. The van der Waals surface area contributed by atoms with Crippen LogP contribution in [0.25, 0.3) is 76.9 Å². The molecule has 2 aromatic heterocycles. The van der Waals surface area contributed by atoms with Crippen LogP contribution in [0, 0.1) is 13.8 Å². The topological polar surface area (TPSA) is 26.3 Å². The molecule has 2 nitrogen and oxygen atoms in total. The molecule has 6 aromatic carbocycles. The van der Waals surface area contributed by atoms with E-state index in [0.717, 1.165) is 55.4 Å². The van der Waals surface area contributed by atoms with Crippen LogP contribution < -0.4 is 0 Å². The first-order valence-corrected chi connectivity index (χ1v) is 13.0. The Balaban J connectivity index is 1.33. The summed E-state index contributed by atoms with van der Waals surface area (Å²) in [5.41, 5.74) is 6.53. The summed E-state index contributed by atoms with van der Waals surface area (Å²) in [6.45, 7) is 4.22. The third-order valence-electron chi connectivity index (χ3n) is 7.76. The average Bonchev–Trinajstić information content (AvgIpc) is 3.57. The van der Waals surface area contributed by atoms with Crippen LogP contribution in [0.4, 0.5) is 0 Å². The van der Waals surface area contributed by atoms with Crippen LogP contribution in [-0.2, 0) is 0 Å². The third-order valence-corrected chi connectivity index (χ3v) is 7.76. The summed E-state index contributed by atoms with van der Waals surface area (Å²) in [5, 5.41) is 9.34. The summed E-state index contributed by atoms with van der Waals surface area (Å²) in [6.07, 6.45) is 0. The van der Waals surface area contributed by atoms with Gasteiger partial charge in [0.05, 0.1) is 0 Å². The Kier molecular flexibility index (Phi) is 4.39. The van der Waals surface area contributed by atoms with Crippen molar-refractivity contribution in [2.45, 2.75) is 13.8 Å². The van der Waals surface area contributed by atoms with Crippen LogP contribution in [0.1, 0.15) is 11.1 Å². The number of aryl methyl sites for hydroxylation is 2. The first-order chi connectivity index (χ1) is 18.6. The van der Waals surface area contributed by atoms with E-state index in [0.29, 0.717) is 0 Å². The molecule has 0 bridgehead atoms. The van der Waals surface area contributed by atoms with Crippen molar-refractivity contribution in [1.29, 1.82) is 0 Å². The second-order valence-corrected chi connectivity index (χ2v) is 10.3. The van der Waals surface area contributed by atoms with Crippen LogP contribution in [-0.4, -0.2) is 0 Å². The van der Waals surface area contributed by atoms with Gasteiger partial charge in [0.1, 0.15) is 22.7 Å². The van der Waals surface area contributed by atoms with Gasteiger partial charge in [-0.25, -0.2) is 0 Å². The molecular weight excluding hydrogens is 464 g/mol. The molecule has 0 radical (unpaired) electrons. The van der Waals surface area contributed by atoms with Crippen LogP contribution in [0.2, 0.25) is 0 Å². The van der Waals surface area contributed by atoms with E-state index in [4.69, 9.17) is 8.83 Å². The molecular formula is C36H24O2. The maximum Gasteiger partial charge on any atom is 0.142 e. The molecule has 38 heavy (non-hydrogen) atoms. The quantitative estimate of drug-likeness (QED) is 0.226. The maximum atomic E-state index is 6.45. The lowest BCUT2D eigenvalue weighted by Crippen LogP contribution is -1.82. The Morgan fingerprint density at radius 1 is 0.395 bits per heavy atom. The predicted molar refractivity (Wildman–Crippen MR) is 159 cm³/mol. The van der Waals surface area contributed by atoms with E-state index in [-0.39, 0.29) is 0 Å². The van der Waals surface area contributed by atoms with E-state index in [1.165, 1.54) is 32.7 Å². The van der Waals surface area contributed by atoms with Gasteiger partial charge in [-0.3, -0.25) is 0 Å². The molecule has 8 rings (SSSR count). The van der Waals surface area contributed by atoms with Gasteiger partial charge in [-0.1, -0.05) is 83.9 Å². The second-order valence-electron chi connectivity index (χ2n) is 10.3. The molecule has 2 heterocycles. The Morgan fingerprint density at radius 2 is 0.789 bits per heavy atom. The van der Waals surface area contributed by atoms with Gasteiger partial charge in [0.25, 0.3) is 0 Å². The number of benzene rings is 6. The van der Waals surface area contributed by atoms with Gasteiger partial charge in [0.2, 0.25) is 0 Å². The fourth-order valence-corrected chi connectivity index (χ4v) is 5.91. The van der Waals surface area contributed by atoms with Crippen molar-refractivity contribution in [3.8, 4) is 22.6 Å². The summed E-state index contributed by atoms with van der Waals surface area (Å²) in [5.74, 6) is 1.80. The lowest BCUT2D eigenvalue weighted by molar-refractivity contribution is 0.634. The summed E-state index contributed by atoms with van der Waals surface area (Å²) >= 11 is 0. The van der Waals surface area contributed by atoms with Crippen molar-refractivity contribution in [3.05, 3.63) is 120 Å². The summed E-state index contributed by atoms with van der Waals surface area (Å²) in [7, 11) is 0. The highest BCUT2D eigenvalue weighted by atomic mass is 16.3. The molecule has 8 aromatic rings. The molecule has 2 heteroatoms. The fourth-order valence-electron chi connectivity index (χ4n) is 5.91. The van der Waals surface area contributed by atoms with Crippen LogP contribution >= 0.6 is 0 Å². The normalized spacial score (nSPS) is 11.9. The minimum absolute atomic E-state index is 0.902. The van der Waals surface area contributed by atoms with Crippen molar-refractivity contribution in [2.24, 2.45) is 0 Å². The van der Waals surface area contributed by atoms with E-state index in [1.807, 2.05) is 0 Å². The zero-order valence-electron chi connectivity index (χ0n) is 21.2. The summed E-state index contributed by atoms with van der Waals surface area (Å²) in [4.78, 5) is 0. The summed E-state index contributed by atoms with van der Waals surface area (Å²) < 4.78 is 12.9. The SMILES string of the molecule is Cc1cccc(-c2cc3ccc4c5ccc6c(ccc7cc(-c8cccc(C)c8)oc76)c5ccc4c3o2)c1. The molecule has 0 N–H and O–H groups in total. The van der Waals surface area contributed by atoms with Crippen LogP contribution in [0.5, 0.6) is 0 Å². The van der Waals surface area contributed by atoms with E-state index >= 15 is 0 Å². The molecule has 0 saturated heterocycles. The third kappa shape index (κ3) is 3.13. The molecule has 0 atom stereocenters. The van der Waals surface area contributed by atoms with E-state index < -0.39 is 0 Å². The molecule has 0 aliphatic rings. The van der Waals surface area contributed by atoms with Crippen LogP contribution in [0.15, 0.2) is 118 Å². The minimum atomic E-state index is 0.902. The van der Waals surface area contributed by atoms with Crippen molar-refractivity contribution >= 4 is 54.3 Å². The van der Waals surface area contributed by atoms with Gasteiger partial charge in [-0.05, 0) is 71.8 Å². The fraction of sp³-hybridized carbons (Fsp3) is 0.0556. The number of hydrogen-bond acceptors (Lipinski definition) is 2. The largest absolute Gasteiger partial charge is 0.455 e. The van der Waals surface area contributed by atoms with Crippen molar-refractivity contribution in [3.63, 3.8) is 0 Å². The highest BCUT2D eigenvalue weighted by molar-refractivity contribution is 6.24. The van der Waals surface area contributed by atoms with Gasteiger partial charge in [0, 0.05) is 32.7 Å². The Morgan fingerprint density at radius 3 is 1.24 bits per heavy atom. The number of furan rings is 2. The van der Waals surface area contributed by atoms with Crippen molar-refractivity contribution in [2.75, 3.05) is 0 Å². The molecule has 0 aliphatic carbocycles. The molecule has 0 aliphatic heterocycles. The molecule has 0 unspecified atom stereocenters. The van der Waals surface area contributed by atoms with E-state index in [9.17, 15) is 0 Å². The van der Waals surface area contributed by atoms with Gasteiger partial charge in [-0.15, -0.1) is 0 Å². The molecule has 0 saturated carbocycles. The number of fused-ring (bicyclic) bond motifs is 9. The first-order valence-electron chi connectivity index (χ1n) is 13.0. The zero-order valence-corrected chi connectivity index (χ0v) is 21.2. The Bertz CT molecular complexity index is 2050.